The van der Waals surface area contributed by atoms with E-state index in [9.17, 15) is 0 Å². The minimum absolute atomic E-state index is 0.248. The summed E-state index contributed by atoms with van der Waals surface area (Å²) in [6.45, 7) is 11.4. The average Bonchev–Trinajstić information content (AvgIpc) is 3.07. The van der Waals surface area contributed by atoms with E-state index in [1.807, 2.05) is 0 Å². The molecule has 3 atom stereocenters. The molecule has 1 aromatic carbocycles. The van der Waals surface area contributed by atoms with Crippen LogP contribution in [0.1, 0.15) is 71.0 Å². The lowest BCUT2D eigenvalue weighted by Crippen LogP contribution is -2.22. The summed E-state index contributed by atoms with van der Waals surface area (Å²) in [7, 11) is 0. The van der Waals surface area contributed by atoms with Gasteiger partial charge in [-0.3, -0.25) is 0 Å². The summed E-state index contributed by atoms with van der Waals surface area (Å²) in [6, 6.07) is 10.4. The predicted octanol–water partition coefficient (Wildman–Crippen LogP) is 4.82. The summed E-state index contributed by atoms with van der Waals surface area (Å²) in [6.07, 6.45) is 4.07. The second kappa shape index (κ2) is 5.66. The highest BCUT2D eigenvalue weighted by Crippen LogP contribution is 2.36. The van der Waals surface area contributed by atoms with Crippen LogP contribution >= 0.6 is 0 Å². The fraction of sp³-hybridized carbons (Fsp3) is 0.667. The first-order valence-corrected chi connectivity index (χ1v) is 7.78. The van der Waals surface area contributed by atoms with E-state index in [4.69, 9.17) is 0 Å². The molecule has 3 unspecified atom stereocenters. The van der Waals surface area contributed by atoms with Crippen molar-refractivity contribution in [2.24, 2.45) is 5.92 Å². The molecule has 1 heteroatoms. The van der Waals surface area contributed by atoms with Crippen LogP contribution in [0.2, 0.25) is 0 Å². The highest BCUT2D eigenvalue weighted by atomic mass is 15.0. The fourth-order valence-corrected chi connectivity index (χ4v) is 2.83. The monoisotopic (exact) mass is 259 g/mol. The largest absolute Gasteiger partial charge is 0.307 e. The Kier molecular flexibility index (Phi) is 4.35. The Hall–Kier alpha value is -0.820. The Morgan fingerprint density at radius 1 is 1.21 bits per heavy atom. The molecule has 1 saturated carbocycles. The molecule has 0 saturated heterocycles. The average molecular weight is 259 g/mol. The van der Waals surface area contributed by atoms with Crippen LogP contribution < -0.4 is 5.32 Å². The lowest BCUT2D eigenvalue weighted by Gasteiger charge is -2.21. The molecule has 0 radical (unpaired) electrons. The van der Waals surface area contributed by atoms with E-state index in [0.29, 0.717) is 6.04 Å². The van der Waals surface area contributed by atoms with Crippen molar-refractivity contribution in [1.29, 1.82) is 0 Å². The summed E-state index contributed by atoms with van der Waals surface area (Å²) in [5, 5.41) is 3.76. The molecule has 1 N–H and O–H groups in total. The zero-order valence-electron chi connectivity index (χ0n) is 13.2. The highest BCUT2D eigenvalue weighted by Gasteiger charge is 2.36. The van der Waals surface area contributed by atoms with E-state index in [1.54, 1.807) is 0 Å². The third-order valence-corrected chi connectivity index (χ3v) is 4.32. The molecule has 2 rings (SSSR count). The Labute approximate surface area is 118 Å². The summed E-state index contributed by atoms with van der Waals surface area (Å²) in [5.74, 6) is 0.932. The molecule has 0 amide bonds. The molecule has 0 bridgehead atoms. The first-order chi connectivity index (χ1) is 8.91. The van der Waals surface area contributed by atoms with Gasteiger partial charge in [0.05, 0.1) is 0 Å². The van der Waals surface area contributed by atoms with Gasteiger partial charge in [-0.25, -0.2) is 0 Å². The van der Waals surface area contributed by atoms with Crippen molar-refractivity contribution < 1.29 is 0 Å². The van der Waals surface area contributed by atoms with E-state index >= 15 is 0 Å². The van der Waals surface area contributed by atoms with E-state index in [-0.39, 0.29) is 5.41 Å². The molecule has 106 valence electrons. The Balaban J connectivity index is 1.91. The number of benzene rings is 1. The zero-order valence-corrected chi connectivity index (χ0v) is 13.2. The van der Waals surface area contributed by atoms with Crippen LogP contribution in [0.4, 0.5) is 0 Å². The van der Waals surface area contributed by atoms with Gasteiger partial charge in [0.15, 0.2) is 0 Å². The van der Waals surface area contributed by atoms with E-state index in [2.05, 4.69) is 64.2 Å². The quantitative estimate of drug-likeness (QED) is 0.799. The van der Waals surface area contributed by atoms with E-state index in [0.717, 1.165) is 12.0 Å². The van der Waals surface area contributed by atoms with Gasteiger partial charge in [0, 0.05) is 12.1 Å². The maximum absolute atomic E-state index is 3.76. The topological polar surface area (TPSA) is 12.0 Å². The van der Waals surface area contributed by atoms with Gasteiger partial charge in [-0.15, -0.1) is 0 Å². The van der Waals surface area contributed by atoms with Crippen LogP contribution in [0.3, 0.4) is 0 Å². The van der Waals surface area contributed by atoms with Gasteiger partial charge in [0.1, 0.15) is 0 Å². The molecule has 0 aromatic heterocycles. The predicted molar refractivity (Wildman–Crippen MR) is 83.5 cm³/mol. The van der Waals surface area contributed by atoms with Crippen molar-refractivity contribution in [3.05, 3.63) is 35.4 Å². The zero-order chi connectivity index (χ0) is 14.0. The van der Waals surface area contributed by atoms with Crippen LogP contribution in [0.5, 0.6) is 0 Å². The van der Waals surface area contributed by atoms with Crippen LogP contribution in [0.15, 0.2) is 24.3 Å². The minimum Gasteiger partial charge on any atom is -0.307 e. The van der Waals surface area contributed by atoms with Gasteiger partial charge in [0.25, 0.3) is 0 Å². The van der Waals surface area contributed by atoms with Gasteiger partial charge >= 0.3 is 0 Å². The van der Waals surface area contributed by atoms with Crippen LogP contribution in [-0.2, 0) is 5.41 Å². The molecule has 19 heavy (non-hydrogen) atoms. The summed E-state index contributed by atoms with van der Waals surface area (Å²) in [4.78, 5) is 0. The number of rotatable bonds is 5. The first-order valence-electron chi connectivity index (χ1n) is 7.78. The minimum atomic E-state index is 0.248. The van der Waals surface area contributed by atoms with Crippen molar-refractivity contribution >= 4 is 0 Å². The molecule has 0 aliphatic heterocycles. The normalized spacial score (nSPS) is 24.3. The van der Waals surface area contributed by atoms with Crippen LogP contribution in [0.25, 0.3) is 0 Å². The Morgan fingerprint density at radius 2 is 1.84 bits per heavy atom. The third-order valence-electron chi connectivity index (χ3n) is 4.32. The van der Waals surface area contributed by atoms with Crippen LogP contribution in [-0.4, -0.2) is 6.04 Å². The molecule has 0 spiro atoms. The third kappa shape index (κ3) is 3.82. The molecule has 1 fully saturated rings. The van der Waals surface area contributed by atoms with Crippen molar-refractivity contribution in [2.75, 3.05) is 0 Å². The number of hydrogen-bond donors (Lipinski definition) is 1. The van der Waals surface area contributed by atoms with Gasteiger partial charge in [-0.1, -0.05) is 58.4 Å². The molecule has 0 heterocycles. The molecule has 1 aliphatic rings. The second-order valence-corrected chi connectivity index (χ2v) is 7.15. The summed E-state index contributed by atoms with van der Waals surface area (Å²) in [5.41, 5.74) is 3.08. The maximum Gasteiger partial charge on any atom is 0.0294 e. The van der Waals surface area contributed by atoms with Crippen molar-refractivity contribution in [3.8, 4) is 0 Å². The SMILES string of the molecule is CCCC1CC1NC(C)c1ccc(C(C)(C)C)cc1. The fourth-order valence-electron chi connectivity index (χ4n) is 2.83. The first kappa shape index (κ1) is 14.6. The Morgan fingerprint density at radius 3 is 2.37 bits per heavy atom. The number of nitrogens with one attached hydrogen (secondary N) is 1. The lowest BCUT2D eigenvalue weighted by molar-refractivity contribution is 0.529. The maximum atomic E-state index is 3.76. The van der Waals surface area contributed by atoms with Gasteiger partial charge < -0.3 is 5.32 Å². The van der Waals surface area contributed by atoms with Crippen molar-refractivity contribution in [3.63, 3.8) is 0 Å². The van der Waals surface area contributed by atoms with E-state index in [1.165, 1.54) is 30.4 Å². The summed E-state index contributed by atoms with van der Waals surface area (Å²) >= 11 is 0. The molecule has 1 nitrogen and oxygen atoms in total. The molecule has 1 aliphatic carbocycles. The van der Waals surface area contributed by atoms with Gasteiger partial charge in [-0.05, 0) is 42.2 Å². The molecular formula is C18H29N. The molecular weight excluding hydrogens is 230 g/mol. The second-order valence-electron chi connectivity index (χ2n) is 7.15. The molecule has 1 aromatic rings. The van der Waals surface area contributed by atoms with E-state index < -0.39 is 0 Å². The van der Waals surface area contributed by atoms with Gasteiger partial charge in [0.2, 0.25) is 0 Å². The number of hydrogen-bond acceptors (Lipinski definition) is 1. The standard InChI is InChI=1S/C18H29N/c1-6-7-15-12-17(15)19-13(2)14-8-10-16(11-9-14)18(3,4)5/h8-11,13,15,17,19H,6-7,12H2,1-5H3. The van der Waals surface area contributed by atoms with Crippen molar-refractivity contribution in [2.45, 2.75) is 71.4 Å². The highest BCUT2D eigenvalue weighted by molar-refractivity contribution is 5.29. The lowest BCUT2D eigenvalue weighted by atomic mass is 9.86. The van der Waals surface area contributed by atoms with Crippen molar-refractivity contribution in [1.82, 2.24) is 5.32 Å². The summed E-state index contributed by atoms with van der Waals surface area (Å²) < 4.78 is 0. The van der Waals surface area contributed by atoms with Gasteiger partial charge in [-0.2, -0.15) is 0 Å². The Bertz CT molecular complexity index is 399. The van der Waals surface area contributed by atoms with Crippen LogP contribution in [0, 0.1) is 5.92 Å². The smallest absolute Gasteiger partial charge is 0.0294 e.